The van der Waals surface area contributed by atoms with Gasteiger partial charge in [-0.25, -0.2) is 9.97 Å². The number of ether oxygens (including phenoxy) is 1. The van der Waals surface area contributed by atoms with Gasteiger partial charge in [0.2, 0.25) is 0 Å². The Morgan fingerprint density at radius 3 is 2.88 bits per heavy atom. The number of anilines is 1. The molecule has 0 unspecified atom stereocenters. The Morgan fingerprint density at radius 2 is 2.24 bits per heavy atom. The van der Waals surface area contributed by atoms with Gasteiger partial charge in [-0.1, -0.05) is 0 Å². The van der Waals surface area contributed by atoms with Crippen molar-refractivity contribution in [2.24, 2.45) is 0 Å². The van der Waals surface area contributed by atoms with E-state index >= 15 is 0 Å². The van der Waals surface area contributed by atoms with E-state index in [2.05, 4.69) is 31.2 Å². The van der Waals surface area contributed by atoms with Gasteiger partial charge < -0.3 is 10.1 Å². The number of hydrogen-bond acceptors (Lipinski definition) is 5. The second-order valence-corrected chi connectivity index (χ2v) is 5.58. The number of methoxy groups -OCH3 is 1. The number of halogens is 1. The van der Waals surface area contributed by atoms with Crippen molar-refractivity contribution < 1.29 is 4.74 Å². The highest BCUT2D eigenvalue weighted by Crippen LogP contribution is 2.26. The summed E-state index contributed by atoms with van der Waals surface area (Å²) in [4.78, 5) is 9.64. The van der Waals surface area contributed by atoms with Crippen LogP contribution >= 0.6 is 27.3 Å². The maximum absolute atomic E-state index is 5.21. The zero-order valence-corrected chi connectivity index (χ0v) is 11.9. The highest BCUT2D eigenvalue weighted by molar-refractivity contribution is 9.10. The highest BCUT2D eigenvalue weighted by Gasteiger charge is 2.03. The Kier molecular flexibility index (Phi) is 3.96. The van der Waals surface area contributed by atoms with E-state index in [1.807, 2.05) is 19.2 Å². The average molecular weight is 314 g/mol. The van der Waals surface area contributed by atoms with Crippen LogP contribution < -0.4 is 10.1 Å². The molecule has 2 rings (SSSR count). The van der Waals surface area contributed by atoms with Crippen molar-refractivity contribution in [3.8, 4) is 5.75 Å². The van der Waals surface area contributed by atoms with Crippen molar-refractivity contribution in [1.82, 2.24) is 9.97 Å². The highest BCUT2D eigenvalue weighted by atomic mass is 79.9. The quantitative estimate of drug-likeness (QED) is 0.941. The van der Waals surface area contributed by atoms with E-state index in [0.717, 1.165) is 27.6 Å². The van der Waals surface area contributed by atoms with E-state index in [1.54, 1.807) is 24.6 Å². The Bertz CT molecular complexity index is 515. The monoisotopic (exact) mass is 313 g/mol. The molecule has 0 amide bonds. The molecule has 0 atom stereocenters. The van der Waals surface area contributed by atoms with Crippen molar-refractivity contribution in [3.63, 3.8) is 0 Å². The summed E-state index contributed by atoms with van der Waals surface area (Å²) < 4.78 is 6.05. The van der Waals surface area contributed by atoms with Gasteiger partial charge in [-0.3, -0.25) is 0 Å². The normalized spacial score (nSPS) is 10.3. The minimum Gasteiger partial charge on any atom is -0.495 e. The van der Waals surface area contributed by atoms with Crippen molar-refractivity contribution in [3.05, 3.63) is 32.8 Å². The molecule has 0 saturated carbocycles. The standard InChI is InChI=1S/C11H12BrN3OS/c1-7-13-4-8(17-7)5-14-11-3-10(16-2)9(12)6-15-11/h3-4,6H,5H2,1-2H3,(H,14,15). The van der Waals surface area contributed by atoms with Crippen LogP contribution in [0.4, 0.5) is 5.82 Å². The van der Waals surface area contributed by atoms with Gasteiger partial charge >= 0.3 is 0 Å². The summed E-state index contributed by atoms with van der Waals surface area (Å²) in [5.41, 5.74) is 0. The molecule has 6 heteroatoms. The van der Waals surface area contributed by atoms with Gasteiger partial charge in [0.25, 0.3) is 0 Å². The van der Waals surface area contributed by atoms with Crippen LogP contribution in [0, 0.1) is 6.92 Å². The van der Waals surface area contributed by atoms with Gasteiger partial charge in [0.15, 0.2) is 0 Å². The molecule has 0 aliphatic carbocycles. The van der Waals surface area contributed by atoms with Crippen LogP contribution in [-0.2, 0) is 6.54 Å². The number of nitrogens with zero attached hydrogens (tertiary/aromatic N) is 2. The molecule has 0 bridgehead atoms. The average Bonchev–Trinajstić information content (AvgIpc) is 2.74. The molecule has 17 heavy (non-hydrogen) atoms. The van der Waals surface area contributed by atoms with Crippen molar-refractivity contribution in [2.45, 2.75) is 13.5 Å². The minimum absolute atomic E-state index is 0.725. The molecule has 2 aromatic rings. The van der Waals surface area contributed by atoms with Gasteiger partial charge in [-0.05, 0) is 22.9 Å². The van der Waals surface area contributed by atoms with E-state index < -0.39 is 0 Å². The largest absolute Gasteiger partial charge is 0.495 e. The number of nitrogens with one attached hydrogen (secondary N) is 1. The SMILES string of the molecule is COc1cc(NCc2cnc(C)s2)ncc1Br. The van der Waals surface area contributed by atoms with Gasteiger partial charge in [0, 0.05) is 23.3 Å². The molecule has 1 N–H and O–H groups in total. The molecular formula is C11H12BrN3OS. The number of thiazole rings is 1. The molecule has 0 aromatic carbocycles. The Balaban J connectivity index is 2.04. The maximum atomic E-state index is 5.21. The molecule has 0 fully saturated rings. The summed E-state index contributed by atoms with van der Waals surface area (Å²) in [7, 11) is 1.64. The Morgan fingerprint density at radius 1 is 1.41 bits per heavy atom. The summed E-state index contributed by atoms with van der Waals surface area (Å²) >= 11 is 5.04. The van der Waals surface area contributed by atoms with Crippen molar-refractivity contribution >= 4 is 33.1 Å². The lowest BCUT2D eigenvalue weighted by atomic mass is 10.4. The van der Waals surface area contributed by atoms with Crippen molar-refractivity contribution in [2.75, 3.05) is 12.4 Å². The van der Waals surface area contributed by atoms with Crippen molar-refractivity contribution in [1.29, 1.82) is 0 Å². The van der Waals surface area contributed by atoms with Crippen LogP contribution in [0.3, 0.4) is 0 Å². The molecule has 2 heterocycles. The van der Waals surface area contributed by atoms with Gasteiger partial charge in [-0.2, -0.15) is 0 Å². The van der Waals surface area contributed by atoms with E-state index in [1.165, 1.54) is 4.88 Å². The fraction of sp³-hybridized carbons (Fsp3) is 0.273. The summed E-state index contributed by atoms with van der Waals surface area (Å²) in [6, 6.07) is 1.86. The minimum atomic E-state index is 0.725. The number of aromatic nitrogens is 2. The van der Waals surface area contributed by atoms with Crippen LogP contribution in [-0.4, -0.2) is 17.1 Å². The van der Waals surface area contributed by atoms with Crippen LogP contribution in [0.5, 0.6) is 5.75 Å². The topological polar surface area (TPSA) is 47.0 Å². The predicted octanol–water partition coefficient (Wildman–Crippen LogP) is 3.23. The first kappa shape index (κ1) is 12.3. The number of rotatable bonds is 4. The van der Waals surface area contributed by atoms with E-state index in [0.29, 0.717) is 0 Å². The van der Waals surface area contributed by atoms with Crippen LogP contribution in [0.1, 0.15) is 9.88 Å². The third-order valence-corrected chi connectivity index (χ3v) is 3.66. The van der Waals surface area contributed by atoms with E-state index in [4.69, 9.17) is 4.74 Å². The zero-order chi connectivity index (χ0) is 12.3. The zero-order valence-electron chi connectivity index (χ0n) is 9.53. The first-order valence-electron chi connectivity index (χ1n) is 5.04. The fourth-order valence-corrected chi connectivity index (χ4v) is 2.45. The molecular weight excluding hydrogens is 302 g/mol. The molecule has 0 saturated heterocycles. The Labute approximate surface area is 112 Å². The molecule has 4 nitrogen and oxygen atoms in total. The van der Waals surface area contributed by atoms with Crippen LogP contribution in [0.25, 0.3) is 0 Å². The van der Waals surface area contributed by atoms with E-state index in [-0.39, 0.29) is 0 Å². The summed E-state index contributed by atoms with van der Waals surface area (Å²) in [5, 5.41) is 4.31. The molecule has 2 aromatic heterocycles. The third kappa shape index (κ3) is 3.17. The first-order chi connectivity index (χ1) is 8.19. The second-order valence-electron chi connectivity index (χ2n) is 3.40. The number of hydrogen-bond donors (Lipinski definition) is 1. The second kappa shape index (κ2) is 5.46. The predicted molar refractivity (Wildman–Crippen MR) is 72.7 cm³/mol. The first-order valence-corrected chi connectivity index (χ1v) is 6.64. The summed E-state index contributed by atoms with van der Waals surface area (Å²) in [5.74, 6) is 1.55. The molecule has 0 aliphatic heterocycles. The van der Waals surface area contributed by atoms with Gasteiger partial charge in [-0.15, -0.1) is 11.3 Å². The molecule has 0 spiro atoms. The molecule has 0 radical (unpaired) electrons. The van der Waals surface area contributed by atoms with Crippen LogP contribution in [0.2, 0.25) is 0 Å². The fourth-order valence-electron chi connectivity index (χ4n) is 1.34. The summed E-state index contributed by atoms with van der Waals surface area (Å²) in [6.07, 6.45) is 3.60. The third-order valence-electron chi connectivity index (χ3n) is 2.15. The van der Waals surface area contributed by atoms with Gasteiger partial charge in [0.05, 0.1) is 23.1 Å². The smallest absolute Gasteiger partial charge is 0.138 e. The van der Waals surface area contributed by atoms with Gasteiger partial charge in [0.1, 0.15) is 11.6 Å². The van der Waals surface area contributed by atoms with Crippen LogP contribution in [0.15, 0.2) is 22.9 Å². The summed E-state index contributed by atoms with van der Waals surface area (Å²) in [6.45, 7) is 2.72. The lowest BCUT2D eigenvalue weighted by Gasteiger charge is -2.07. The molecule has 0 aliphatic rings. The maximum Gasteiger partial charge on any atom is 0.138 e. The Hall–Kier alpha value is -1.14. The van der Waals surface area contributed by atoms with E-state index in [9.17, 15) is 0 Å². The number of aryl methyl sites for hydroxylation is 1. The lowest BCUT2D eigenvalue weighted by molar-refractivity contribution is 0.412. The lowest BCUT2D eigenvalue weighted by Crippen LogP contribution is -2.00. The number of pyridine rings is 1. The molecule has 90 valence electrons.